The van der Waals surface area contributed by atoms with Gasteiger partial charge in [-0.1, -0.05) is 30.6 Å². The van der Waals surface area contributed by atoms with Crippen molar-refractivity contribution in [1.82, 2.24) is 14.6 Å². The van der Waals surface area contributed by atoms with Crippen molar-refractivity contribution in [3.8, 4) is 16.2 Å². The third-order valence-corrected chi connectivity index (χ3v) is 10.7. The second-order valence-electron chi connectivity index (χ2n) is 10.3. The van der Waals surface area contributed by atoms with Crippen LogP contribution in [0.5, 0.6) is 5.75 Å². The van der Waals surface area contributed by atoms with Crippen LogP contribution in [0.1, 0.15) is 63.5 Å². The minimum atomic E-state index is -3.71. The Morgan fingerprint density at radius 3 is 2.46 bits per heavy atom. The van der Waals surface area contributed by atoms with Gasteiger partial charge in [-0.2, -0.15) is 0 Å². The van der Waals surface area contributed by atoms with E-state index < -0.39 is 10.0 Å². The highest BCUT2D eigenvalue weighted by atomic mass is 32.2. The second kappa shape index (κ2) is 10.4. The highest BCUT2D eigenvalue weighted by Gasteiger charge is 2.33. The van der Waals surface area contributed by atoms with Gasteiger partial charge in [-0.15, -0.1) is 0 Å². The SMILES string of the molecule is COc1ccc(-c2sc(N(C)C3CCCCC3)nc2C)cc1S(=O)(=O)NC1CCN(C2CC2)CC1. The van der Waals surface area contributed by atoms with Gasteiger partial charge in [-0.05, 0) is 82.3 Å². The van der Waals surface area contributed by atoms with Crippen molar-refractivity contribution in [1.29, 1.82) is 0 Å². The smallest absolute Gasteiger partial charge is 0.244 e. The molecule has 3 aliphatic rings. The molecule has 0 amide bonds. The van der Waals surface area contributed by atoms with E-state index in [1.165, 1.54) is 52.1 Å². The highest BCUT2D eigenvalue weighted by molar-refractivity contribution is 7.89. The zero-order valence-corrected chi connectivity index (χ0v) is 22.8. The van der Waals surface area contributed by atoms with Crippen LogP contribution in [0.4, 0.5) is 5.13 Å². The van der Waals surface area contributed by atoms with Crippen molar-refractivity contribution in [3.05, 3.63) is 23.9 Å². The Morgan fingerprint density at radius 1 is 1.09 bits per heavy atom. The summed E-state index contributed by atoms with van der Waals surface area (Å²) < 4.78 is 35.4. The molecule has 1 saturated heterocycles. The molecule has 9 heteroatoms. The van der Waals surface area contributed by atoms with E-state index in [1.54, 1.807) is 23.5 Å². The maximum absolute atomic E-state index is 13.5. The molecule has 2 saturated carbocycles. The predicted octanol–water partition coefficient (Wildman–Crippen LogP) is 4.80. The number of aryl methyl sites for hydroxylation is 1. The number of methoxy groups -OCH3 is 1. The lowest BCUT2D eigenvalue weighted by Crippen LogP contribution is -2.45. The van der Waals surface area contributed by atoms with E-state index in [2.05, 4.69) is 21.6 Å². The molecule has 192 valence electrons. The minimum absolute atomic E-state index is 0.0377. The molecule has 5 rings (SSSR count). The Labute approximate surface area is 213 Å². The first-order valence-corrected chi connectivity index (χ1v) is 15.3. The highest BCUT2D eigenvalue weighted by Crippen LogP contribution is 2.39. The van der Waals surface area contributed by atoms with Gasteiger partial charge in [0.2, 0.25) is 10.0 Å². The molecule has 2 heterocycles. The maximum Gasteiger partial charge on any atom is 0.244 e. The number of nitrogens with zero attached hydrogens (tertiary/aromatic N) is 3. The summed E-state index contributed by atoms with van der Waals surface area (Å²) in [6.07, 6.45) is 10.6. The molecule has 0 unspecified atom stereocenters. The average molecular weight is 519 g/mol. The van der Waals surface area contributed by atoms with Gasteiger partial charge in [-0.3, -0.25) is 0 Å². The molecular formula is C26H38N4O3S2. The number of anilines is 1. The van der Waals surface area contributed by atoms with Crippen LogP contribution in [-0.4, -0.2) is 63.7 Å². The molecule has 0 radical (unpaired) electrons. The number of hydrogen-bond acceptors (Lipinski definition) is 7. The van der Waals surface area contributed by atoms with E-state index in [1.807, 2.05) is 13.0 Å². The largest absolute Gasteiger partial charge is 0.495 e. The molecule has 2 aliphatic carbocycles. The van der Waals surface area contributed by atoms with E-state index in [-0.39, 0.29) is 10.9 Å². The quantitative estimate of drug-likeness (QED) is 0.541. The lowest BCUT2D eigenvalue weighted by Gasteiger charge is -2.32. The standard InChI is InChI=1S/C26H38N4O3S2/c1-18-25(34-26(27-18)29(2)21-7-5-4-6-8-21)19-9-12-23(33-3)24(17-19)35(31,32)28-20-13-15-30(16-14-20)22-10-11-22/h9,12,17,20-22,28H,4-8,10-11,13-16H2,1-3H3. The molecule has 2 aromatic rings. The Morgan fingerprint density at radius 2 is 1.80 bits per heavy atom. The summed E-state index contributed by atoms with van der Waals surface area (Å²) >= 11 is 1.64. The zero-order chi connectivity index (χ0) is 24.6. The third-order valence-electron chi connectivity index (χ3n) is 7.84. The number of likely N-dealkylation sites (tertiary alicyclic amines) is 1. The summed E-state index contributed by atoms with van der Waals surface area (Å²) in [6, 6.07) is 6.69. The molecule has 3 fully saturated rings. The van der Waals surface area contributed by atoms with Crippen molar-refractivity contribution >= 4 is 26.5 Å². The first-order chi connectivity index (χ1) is 16.9. The zero-order valence-electron chi connectivity index (χ0n) is 21.1. The fourth-order valence-corrected chi connectivity index (χ4v) is 8.15. The van der Waals surface area contributed by atoms with Crippen LogP contribution in [0.15, 0.2) is 23.1 Å². The van der Waals surface area contributed by atoms with Crippen LogP contribution in [0, 0.1) is 6.92 Å². The van der Waals surface area contributed by atoms with Crippen LogP contribution in [0.25, 0.3) is 10.4 Å². The summed E-state index contributed by atoms with van der Waals surface area (Å²) in [6.45, 7) is 3.94. The predicted molar refractivity (Wildman–Crippen MR) is 142 cm³/mol. The number of ether oxygens (including phenoxy) is 1. The number of rotatable bonds is 8. The van der Waals surface area contributed by atoms with Crippen LogP contribution >= 0.6 is 11.3 Å². The summed E-state index contributed by atoms with van der Waals surface area (Å²) in [5.74, 6) is 0.374. The Bertz CT molecular complexity index is 1130. The van der Waals surface area contributed by atoms with Gasteiger partial charge in [0.1, 0.15) is 10.6 Å². The van der Waals surface area contributed by atoms with Gasteiger partial charge in [0.25, 0.3) is 0 Å². The van der Waals surface area contributed by atoms with Crippen LogP contribution in [0.2, 0.25) is 0 Å². The van der Waals surface area contributed by atoms with E-state index in [4.69, 9.17) is 9.72 Å². The Hall–Kier alpha value is -1.68. The first kappa shape index (κ1) is 25.0. The molecule has 1 aliphatic heterocycles. The fourth-order valence-electron chi connectivity index (χ4n) is 5.56. The van der Waals surface area contributed by atoms with Crippen molar-refractivity contribution in [3.63, 3.8) is 0 Å². The molecule has 0 bridgehead atoms. The third kappa shape index (κ3) is 5.53. The summed E-state index contributed by atoms with van der Waals surface area (Å²) in [5.41, 5.74) is 1.80. The fraction of sp³-hybridized carbons (Fsp3) is 0.654. The molecule has 0 spiro atoms. The van der Waals surface area contributed by atoms with E-state index in [9.17, 15) is 8.42 Å². The normalized spacial score (nSPS) is 20.8. The summed E-state index contributed by atoms with van der Waals surface area (Å²) in [7, 11) is -0.0501. The van der Waals surface area contributed by atoms with Gasteiger partial charge >= 0.3 is 0 Å². The number of thiazole rings is 1. The Kier molecular flexibility index (Phi) is 7.40. The molecule has 1 N–H and O–H groups in total. The van der Waals surface area contributed by atoms with Crippen LogP contribution in [0.3, 0.4) is 0 Å². The lowest BCUT2D eigenvalue weighted by atomic mass is 9.95. The van der Waals surface area contributed by atoms with E-state index >= 15 is 0 Å². The van der Waals surface area contributed by atoms with Gasteiger partial charge in [-0.25, -0.2) is 18.1 Å². The number of hydrogen-bond donors (Lipinski definition) is 1. The molecule has 7 nitrogen and oxygen atoms in total. The van der Waals surface area contributed by atoms with E-state index in [0.717, 1.165) is 53.2 Å². The summed E-state index contributed by atoms with van der Waals surface area (Å²) in [5, 5.41) is 1.00. The number of aromatic nitrogens is 1. The van der Waals surface area contributed by atoms with Crippen LogP contribution < -0.4 is 14.4 Å². The van der Waals surface area contributed by atoms with E-state index in [0.29, 0.717) is 11.8 Å². The van der Waals surface area contributed by atoms with Gasteiger partial charge in [0.05, 0.1) is 17.7 Å². The number of nitrogens with one attached hydrogen (secondary N) is 1. The number of benzene rings is 1. The number of sulfonamides is 1. The topological polar surface area (TPSA) is 74.8 Å². The molecule has 1 aromatic carbocycles. The van der Waals surface area contributed by atoms with Gasteiger partial charge in [0, 0.05) is 25.2 Å². The number of piperidine rings is 1. The molecule has 35 heavy (non-hydrogen) atoms. The van der Waals surface area contributed by atoms with Crippen LogP contribution in [-0.2, 0) is 10.0 Å². The monoisotopic (exact) mass is 518 g/mol. The first-order valence-electron chi connectivity index (χ1n) is 13.0. The van der Waals surface area contributed by atoms with Crippen molar-refractivity contribution < 1.29 is 13.2 Å². The van der Waals surface area contributed by atoms with Crippen molar-refractivity contribution in [2.45, 2.75) is 87.7 Å². The Balaban J connectivity index is 1.36. The average Bonchev–Trinajstić information content (AvgIpc) is 3.65. The summed E-state index contributed by atoms with van der Waals surface area (Å²) in [4.78, 5) is 10.9. The minimum Gasteiger partial charge on any atom is -0.495 e. The lowest BCUT2D eigenvalue weighted by molar-refractivity contribution is 0.199. The van der Waals surface area contributed by atoms with Gasteiger partial charge < -0.3 is 14.5 Å². The maximum atomic E-state index is 13.5. The van der Waals surface area contributed by atoms with Crippen molar-refractivity contribution in [2.24, 2.45) is 0 Å². The second-order valence-corrected chi connectivity index (χ2v) is 13.0. The van der Waals surface area contributed by atoms with Crippen molar-refractivity contribution in [2.75, 3.05) is 32.1 Å². The molecule has 1 aromatic heterocycles. The molecular weight excluding hydrogens is 480 g/mol. The van der Waals surface area contributed by atoms with Gasteiger partial charge in [0.15, 0.2) is 5.13 Å². The molecule has 0 atom stereocenters.